The van der Waals surface area contributed by atoms with E-state index in [2.05, 4.69) is 39.6 Å². The van der Waals surface area contributed by atoms with Gasteiger partial charge in [-0.25, -0.2) is 4.68 Å². The van der Waals surface area contributed by atoms with Crippen molar-refractivity contribution in [2.75, 3.05) is 38.5 Å². The maximum Gasteiger partial charge on any atom is 0.209 e. The first-order valence-corrected chi connectivity index (χ1v) is 9.17. The van der Waals surface area contributed by atoms with Gasteiger partial charge in [-0.05, 0) is 36.4 Å². The number of hydrogen-bond donors (Lipinski definition) is 1. The summed E-state index contributed by atoms with van der Waals surface area (Å²) in [4.78, 5) is 2.43. The van der Waals surface area contributed by atoms with Gasteiger partial charge in [-0.3, -0.25) is 0 Å². The molecule has 6 nitrogen and oxygen atoms in total. The Morgan fingerprint density at radius 1 is 1.24 bits per heavy atom. The molecule has 120 valence electrons. The van der Waals surface area contributed by atoms with Gasteiger partial charge in [0.25, 0.3) is 0 Å². The second-order valence-corrected chi connectivity index (χ2v) is 6.53. The molecule has 1 fully saturated rings. The van der Waals surface area contributed by atoms with E-state index in [1.807, 2.05) is 4.68 Å². The predicted molar refractivity (Wildman–Crippen MR) is 86.7 cm³/mol. The van der Waals surface area contributed by atoms with E-state index in [4.69, 9.17) is 0 Å². The van der Waals surface area contributed by atoms with Crippen molar-refractivity contribution in [3.05, 3.63) is 0 Å². The van der Waals surface area contributed by atoms with E-state index in [-0.39, 0.29) is 0 Å². The molecule has 1 aromatic heterocycles. The lowest BCUT2D eigenvalue weighted by atomic mass is 10.3. The quantitative estimate of drug-likeness (QED) is 0.525. The molecule has 0 atom stereocenters. The lowest BCUT2D eigenvalue weighted by Crippen LogP contribution is -2.32. The van der Waals surface area contributed by atoms with E-state index < -0.39 is 0 Å². The maximum absolute atomic E-state index is 4.17. The largest absolute Gasteiger partial charge is 0.315 e. The number of hydrogen-bond acceptors (Lipinski definition) is 6. The smallest absolute Gasteiger partial charge is 0.209 e. The number of nitrogens with zero attached hydrogens (tertiary/aromatic N) is 5. The highest BCUT2D eigenvalue weighted by molar-refractivity contribution is 7.99. The zero-order valence-electron chi connectivity index (χ0n) is 13.3. The highest BCUT2D eigenvalue weighted by Gasteiger charge is 2.21. The van der Waals surface area contributed by atoms with Crippen LogP contribution in [0.1, 0.15) is 45.6 Å². The normalized spacial score (nSPS) is 16.1. The number of likely N-dealkylation sites (N-methyl/N-ethyl adjacent to an activating group) is 1. The standard InChI is InChI=1S/C14H28N6S/c1-3-19(4-2)11-9-15-10-12-21-14-16-17-18-20(14)13-7-5-6-8-13/h13,15H,3-12H2,1-2H3. The first-order valence-electron chi connectivity index (χ1n) is 8.18. The molecule has 0 amide bonds. The molecule has 1 aliphatic carbocycles. The summed E-state index contributed by atoms with van der Waals surface area (Å²) in [6.07, 6.45) is 5.06. The van der Waals surface area contributed by atoms with Crippen LogP contribution in [0.25, 0.3) is 0 Å². The summed E-state index contributed by atoms with van der Waals surface area (Å²) in [5.74, 6) is 1.02. The Morgan fingerprint density at radius 3 is 2.71 bits per heavy atom. The molecular weight excluding hydrogens is 284 g/mol. The van der Waals surface area contributed by atoms with Gasteiger partial charge in [0, 0.05) is 25.4 Å². The van der Waals surface area contributed by atoms with Gasteiger partial charge in [0.2, 0.25) is 5.16 Å². The summed E-state index contributed by atoms with van der Waals surface area (Å²) in [7, 11) is 0. The topological polar surface area (TPSA) is 58.9 Å². The number of rotatable bonds is 10. The van der Waals surface area contributed by atoms with Crippen molar-refractivity contribution >= 4 is 11.8 Å². The van der Waals surface area contributed by atoms with Crippen LogP contribution in [0.15, 0.2) is 5.16 Å². The van der Waals surface area contributed by atoms with Crippen LogP contribution in [-0.2, 0) is 0 Å². The van der Waals surface area contributed by atoms with Crippen molar-refractivity contribution in [2.45, 2.75) is 50.7 Å². The first kappa shape index (κ1) is 16.7. The van der Waals surface area contributed by atoms with E-state index >= 15 is 0 Å². The summed E-state index contributed by atoms with van der Waals surface area (Å²) in [5, 5.41) is 16.6. The van der Waals surface area contributed by atoms with Crippen LogP contribution in [0.3, 0.4) is 0 Å². The Bertz CT molecular complexity index is 387. The molecule has 2 rings (SSSR count). The Hall–Kier alpha value is -0.660. The van der Waals surface area contributed by atoms with Gasteiger partial charge in [0.05, 0.1) is 6.04 Å². The van der Waals surface area contributed by atoms with E-state index in [0.29, 0.717) is 6.04 Å². The zero-order chi connectivity index (χ0) is 14.9. The summed E-state index contributed by atoms with van der Waals surface area (Å²) in [6.45, 7) is 9.85. The third kappa shape index (κ3) is 5.23. The van der Waals surface area contributed by atoms with E-state index in [1.54, 1.807) is 11.8 Å². The van der Waals surface area contributed by atoms with Gasteiger partial charge in [-0.15, -0.1) is 5.10 Å². The van der Waals surface area contributed by atoms with Crippen molar-refractivity contribution in [2.24, 2.45) is 0 Å². The monoisotopic (exact) mass is 312 g/mol. The molecule has 0 spiro atoms. The molecule has 0 bridgehead atoms. The van der Waals surface area contributed by atoms with Gasteiger partial charge >= 0.3 is 0 Å². The Balaban J connectivity index is 1.62. The van der Waals surface area contributed by atoms with E-state index in [9.17, 15) is 0 Å². The fourth-order valence-electron chi connectivity index (χ4n) is 2.77. The van der Waals surface area contributed by atoms with E-state index in [0.717, 1.165) is 43.6 Å². The van der Waals surface area contributed by atoms with Gasteiger partial charge in [-0.1, -0.05) is 38.5 Å². The highest BCUT2D eigenvalue weighted by atomic mass is 32.2. The SMILES string of the molecule is CCN(CC)CCNCCSc1nnnn1C1CCCC1. The van der Waals surface area contributed by atoms with Gasteiger partial charge in [-0.2, -0.15) is 0 Å². The maximum atomic E-state index is 4.17. The first-order chi connectivity index (χ1) is 10.3. The molecule has 0 unspecified atom stereocenters. The van der Waals surface area contributed by atoms with Crippen LogP contribution in [0, 0.1) is 0 Å². The summed E-state index contributed by atoms with van der Waals surface area (Å²) in [6, 6.07) is 0.526. The van der Waals surface area contributed by atoms with Crippen molar-refractivity contribution in [1.82, 2.24) is 30.4 Å². The van der Waals surface area contributed by atoms with Crippen LogP contribution in [0.4, 0.5) is 0 Å². The Morgan fingerprint density at radius 2 is 2.00 bits per heavy atom. The minimum absolute atomic E-state index is 0.526. The fraction of sp³-hybridized carbons (Fsp3) is 0.929. The van der Waals surface area contributed by atoms with Crippen molar-refractivity contribution in [3.63, 3.8) is 0 Å². The highest BCUT2D eigenvalue weighted by Crippen LogP contribution is 2.31. The van der Waals surface area contributed by atoms with Crippen LogP contribution in [-0.4, -0.2) is 63.6 Å². The number of aromatic nitrogens is 4. The summed E-state index contributed by atoms with van der Waals surface area (Å²) in [5.41, 5.74) is 0. The number of nitrogens with one attached hydrogen (secondary N) is 1. The molecule has 1 aromatic rings. The zero-order valence-corrected chi connectivity index (χ0v) is 14.1. The molecule has 0 radical (unpaired) electrons. The molecular formula is C14H28N6S. The van der Waals surface area contributed by atoms with E-state index in [1.165, 1.54) is 25.7 Å². The van der Waals surface area contributed by atoms with Gasteiger partial charge < -0.3 is 10.2 Å². The average Bonchev–Trinajstić information content (AvgIpc) is 3.17. The number of thioether (sulfide) groups is 1. The Kier molecular flexibility index (Phi) is 7.46. The molecule has 7 heteroatoms. The minimum atomic E-state index is 0.526. The molecule has 0 saturated heterocycles. The lowest BCUT2D eigenvalue weighted by Gasteiger charge is -2.17. The average molecular weight is 312 g/mol. The molecule has 1 heterocycles. The molecule has 0 aromatic carbocycles. The van der Waals surface area contributed by atoms with Gasteiger partial charge in [0.15, 0.2) is 0 Å². The molecule has 1 aliphatic rings. The molecule has 1 saturated carbocycles. The fourth-order valence-corrected chi connectivity index (χ4v) is 3.62. The van der Waals surface area contributed by atoms with Crippen LogP contribution < -0.4 is 5.32 Å². The molecule has 21 heavy (non-hydrogen) atoms. The third-order valence-corrected chi connectivity index (χ3v) is 5.08. The van der Waals surface area contributed by atoms with Crippen LogP contribution >= 0.6 is 11.8 Å². The van der Waals surface area contributed by atoms with Crippen molar-refractivity contribution in [3.8, 4) is 0 Å². The van der Waals surface area contributed by atoms with Crippen LogP contribution in [0.5, 0.6) is 0 Å². The molecule has 0 aliphatic heterocycles. The van der Waals surface area contributed by atoms with Crippen LogP contribution in [0.2, 0.25) is 0 Å². The third-order valence-electron chi connectivity index (χ3n) is 4.14. The minimum Gasteiger partial charge on any atom is -0.315 e. The van der Waals surface area contributed by atoms with Crippen molar-refractivity contribution in [1.29, 1.82) is 0 Å². The second kappa shape index (κ2) is 9.38. The predicted octanol–water partition coefficient (Wildman–Crippen LogP) is 1.81. The summed E-state index contributed by atoms with van der Waals surface area (Å²) >= 11 is 1.76. The van der Waals surface area contributed by atoms with Crippen molar-refractivity contribution < 1.29 is 0 Å². The number of tetrazole rings is 1. The summed E-state index contributed by atoms with van der Waals surface area (Å²) < 4.78 is 2.04. The Labute approximate surface area is 132 Å². The lowest BCUT2D eigenvalue weighted by molar-refractivity contribution is 0.303. The van der Waals surface area contributed by atoms with Gasteiger partial charge in [0.1, 0.15) is 0 Å². The second-order valence-electron chi connectivity index (χ2n) is 5.47. The molecule has 1 N–H and O–H groups in total.